The monoisotopic (exact) mass is 165 g/mol. The molecule has 1 aromatic heterocycles. The third-order valence-electron chi connectivity index (χ3n) is 1.80. The first-order valence-electron chi connectivity index (χ1n) is 4.40. The van der Waals surface area contributed by atoms with Crippen LogP contribution in [0.4, 0.5) is 0 Å². The molecule has 1 aromatic carbocycles. The third kappa shape index (κ3) is 1.50. The molecule has 0 fully saturated rings. The van der Waals surface area contributed by atoms with Crippen LogP contribution in [0.1, 0.15) is 22.3 Å². The predicted molar refractivity (Wildman–Crippen MR) is 58.6 cm³/mol. The van der Waals surface area contributed by atoms with E-state index in [0.29, 0.717) is 0 Å². The van der Waals surface area contributed by atoms with Crippen LogP contribution in [0.15, 0.2) is 30.5 Å². The second kappa shape index (κ2) is 3.96. The summed E-state index contributed by atoms with van der Waals surface area (Å²) in [7, 11) is 0. The molecule has 0 atom stereocenters. The maximum atomic E-state index is 3.19. The van der Waals surface area contributed by atoms with E-state index in [1.54, 1.807) is 0 Å². The lowest BCUT2D eigenvalue weighted by Crippen LogP contribution is -1.64. The molecule has 12 heavy (non-hydrogen) atoms. The highest BCUT2D eigenvalue weighted by Gasteiger charge is 1.94. The zero-order chi connectivity index (χ0) is 8.97. The Kier molecular flexibility index (Phi) is 2.92. The van der Waals surface area contributed by atoms with E-state index in [1.165, 1.54) is 16.5 Å². The van der Waals surface area contributed by atoms with Gasteiger partial charge in [-0.2, -0.15) is 0 Å². The highest BCUT2D eigenvalue weighted by atomic mass is 14.7. The van der Waals surface area contributed by atoms with Gasteiger partial charge in [0, 0.05) is 20.0 Å². The zero-order valence-electron chi connectivity index (χ0n) is 7.89. The van der Waals surface area contributed by atoms with Crippen LogP contribution >= 0.6 is 0 Å². The molecule has 0 unspecified atom stereocenters. The van der Waals surface area contributed by atoms with Crippen molar-refractivity contribution in [3.8, 4) is 0 Å². The van der Waals surface area contributed by atoms with Gasteiger partial charge in [-0.3, -0.25) is 0 Å². The topological polar surface area (TPSA) is 15.8 Å². The quantitative estimate of drug-likeness (QED) is 0.607. The van der Waals surface area contributed by atoms with Gasteiger partial charge in [0.05, 0.1) is 0 Å². The fourth-order valence-corrected chi connectivity index (χ4v) is 1.22. The van der Waals surface area contributed by atoms with Gasteiger partial charge in [-0.1, -0.05) is 32.0 Å². The van der Waals surface area contributed by atoms with Crippen LogP contribution in [0.3, 0.4) is 0 Å². The van der Waals surface area contributed by atoms with Crippen LogP contribution in [0, 0.1) is 6.92 Å². The largest absolute Gasteiger partial charge is 0.361 e. The Bertz CT molecular complexity index is 355. The Morgan fingerprint density at radius 1 is 1.17 bits per heavy atom. The van der Waals surface area contributed by atoms with Crippen LogP contribution in [0.2, 0.25) is 0 Å². The second-order valence-corrected chi connectivity index (χ2v) is 2.52. The van der Waals surface area contributed by atoms with Crippen molar-refractivity contribution in [3.05, 3.63) is 36.0 Å². The number of aryl methyl sites for hydroxylation is 1. The van der Waals surface area contributed by atoms with Crippen LogP contribution < -0.4 is 0 Å². The van der Waals surface area contributed by atoms with Gasteiger partial charge in [0.1, 0.15) is 0 Å². The molecule has 0 amide bonds. The first kappa shape index (κ1) is 8.85. The number of hydrogen-bond donors (Lipinski definition) is 1. The van der Waals surface area contributed by atoms with Crippen molar-refractivity contribution < 1.29 is 2.85 Å². The zero-order valence-corrected chi connectivity index (χ0v) is 7.89. The SMILES string of the molecule is CC.Cc1c[nH]c2ccccc12.[HH].[HH]. The lowest BCUT2D eigenvalue weighted by molar-refractivity contribution is 1.43. The molecule has 2 aromatic rings. The summed E-state index contributed by atoms with van der Waals surface area (Å²) in [5, 5.41) is 1.32. The fourth-order valence-electron chi connectivity index (χ4n) is 1.22. The van der Waals surface area contributed by atoms with Gasteiger partial charge in [0.15, 0.2) is 0 Å². The smallest absolute Gasteiger partial charge is 0.0456 e. The summed E-state index contributed by atoms with van der Waals surface area (Å²) in [4.78, 5) is 3.19. The molecule has 0 aliphatic heterocycles. The van der Waals surface area contributed by atoms with Crippen molar-refractivity contribution >= 4 is 10.9 Å². The lowest BCUT2D eigenvalue weighted by Gasteiger charge is -1.86. The average Bonchev–Trinajstić information content (AvgIpc) is 2.53. The summed E-state index contributed by atoms with van der Waals surface area (Å²) < 4.78 is 0. The molecular formula is C11H19N. The Hall–Kier alpha value is -1.24. The Labute approximate surface area is 76.4 Å². The van der Waals surface area contributed by atoms with Crippen molar-refractivity contribution in [3.63, 3.8) is 0 Å². The minimum atomic E-state index is 0. The van der Waals surface area contributed by atoms with Crippen molar-refractivity contribution in [2.24, 2.45) is 0 Å². The highest BCUT2D eigenvalue weighted by molar-refractivity contribution is 5.82. The molecule has 0 aliphatic carbocycles. The standard InChI is InChI=1S/C9H9N.C2H6.2H2/c1-7-6-10-9-5-3-2-4-8(7)9;1-2;;/h2-6,10H,1H3;1-2H3;2*1H. The van der Waals surface area contributed by atoms with Crippen LogP contribution in [-0.2, 0) is 0 Å². The summed E-state index contributed by atoms with van der Waals surface area (Å²) in [5.74, 6) is 0. The van der Waals surface area contributed by atoms with Crippen LogP contribution in [0.25, 0.3) is 10.9 Å². The summed E-state index contributed by atoms with van der Waals surface area (Å²) in [6, 6.07) is 8.31. The number of hydrogen-bond acceptors (Lipinski definition) is 0. The molecule has 0 bridgehead atoms. The number of nitrogens with one attached hydrogen (secondary N) is 1. The van der Waals surface area contributed by atoms with E-state index in [0.717, 1.165) is 0 Å². The Morgan fingerprint density at radius 3 is 2.50 bits per heavy atom. The molecule has 1 heterocycles. The van der Waals surface area contributed by atoms with Gasteiger partial charge >= 0.3 is 0 Å². The van der Waals surface area contributed by atoms with E-state index >= 15 is 0 Å². The summed E-state index contributed by atoms with van der Waals surface area (Å²) in [6.07, 6.45) is 2.03. The number of fused-ring (bicyclic) bond motifs is 1. The lowest BCUT2D eigenvalue weighted by atomic mass is 10.2. The predicted octanol–water partition coefficient (Wildman–Crippen LogP) is 3.99. The fraction of sp³-hybridized carbons (Fsp3) is 0.273. The molecule has 1 nitrogen and oxygen atoms in total. The molecular weight excluding hydrogens is 146 g/mol. The molecule has 0 spiro atoms. The Balaban J connectivity index is 0. The molecule has 0 saturated heterocycles. The number of benzene rings is 1. The van der Waals surface area contributed by atoms with Gasteiger partial charge in [-0.05, 0) is 18.6 Å². The Morgan fingerprint density at radius 2 is 1.83 bits per heavy atom. The van der Waals surface area contributed by atoms with Crippen molar-refractivity contribution in [2.45, 2.75) is 20.8 Å². The number of aromatic nitrogens is 1. The van der Waals surface area contributed by atoms with Crippen LogP contribution in [0.5, 0.6) is 0 Å². The number of aromatic amines is 1. The summed E-state index contributed by atoms with van der Waals surface area (Å²) in [5.41, 5.74) is 2.54. The van der Waals surface area contributed by atoms with Crippen LogP contribution in [-0.4, -0.2) is 4.98 Å². The first-order valence-corrected chi connectivity index (χ1v) is 4.40. The van der Waals surface area contributed by atoms with Gasteiger partial charge in [0.2, 0.25) is 0 Å². The second-order valence-electron chi connectivity index (χ2n) is 2.52. The van der Waals surface area contributed by atoms with E-state index in [1.807, 2.05) is 26.1 Å². The first-order chi connectivity index (χ1) is 5.88. The molecule has 2 rings (SSSR count). The average molecular weight is 165 g/mol. The minimum absolute atomic E-state index is 0. The molecule has 1 heteroatoms. The van der Waals surface area contributed by atoms with Gasteiger partial charge in [-0.15, -0.1) is 0 Å². The molecule has 0 radical (unpaired) electrons. The van der Waals surface area contributed by atoms with E-state index < -0.39 is 0 Å². The van der Waals surface area contributed by atoms with E-state index in [-0.39, 0.29) is 2.85 Å². The summed E-state index contributed by atoms with van der Waals surface area (Å²) >= 11 is 0. The minimum Gasteiger partial charge on any atom is -0.361 e. The van der Waals surface area contributed by atoms with Crippen molar-refractivity contribution in [1.82, 2.24) is 4.98 Å². The van der Waals surface area contributed by atoms with Gasteiger partial charge in [-0.25, -0.2) is 0 Å². The maximum absolute atomic E-state index is 3.19. The normalized spacial score (nSPS) is 9.25. The maximum Gasteiger partial charge on any atom is 0.0456 e. The van der Waals surface area contributed by atoms with Gasteiger partial charge in [0.25, 0.3) is 0 Å². The molecule has 1 N–H and O–H groups in total. The highest BCUT2D eigenvalue weighted by Crippen LogP contribution is 2.15. The van der Waals surface area contributed by atoms with Gasteiger partial charge < -0.3 is 4.98 Å². The molecule has 0 saturated carbocycles. The van der Waals surface area contributed by atoms with E-state index in [2.05, 4.69) is 30.1 Å². The van der Waals surface area contributed by atoms with E-state index in [4.69, 9.17) is 0 Å². The molecule has 0 aliphatic rings. The number of para-hydroxylation sites is 1. The number of H-pyrrole nitrogens is 1. The third-order valence-corrected chi connectivity index (χ3v) is 1.80. The van der Waals surface area contributed by atoms with Crippen molar-refractivity contribution in [1.29, 1.82) is 0 Å². The molecule has 68 valence electrons. The number of rotatable bonds is 0. The van der Waals surface area contributed by atoms with Crippen molar-refractivity contribution in [2.75, 3.05) is 0 Å². The summed E-state index contributed by atoms with van der Waals surface area (Å²) in [6.45, 7) is 6.11. The van der Waals surface area contributed by atoms with E-state index in [9.17, 15) is 0 Å².